The lowest BCUT2D eigenvalue weighted by atomic mass is 10.1. The molecular weight excluding hydrogens is 378 g/mol. The third-order valence-corrected chi connectivity index (χ3v) is 5.62. The standard InChI is InChI=1S/C20H22ClN5O2/c1-11(2)10-24-18(27)16-17(23(5)20(24)28)22-19-25(12(3)13(4)26(16)19)15-8-6-7-14(21)9-15/h6-9,16-17H,1,10H2,2-5H3. The fourth-order valence-electron chi connectivity index (χ4n) is 3.95. The first kappa shape index (κ1) is 18.6. The van der Waals surface area contributed by atoms with E-state index in [2.05, 4.69) is 6.58 Å². The van der Waals surface area contributed by atoms with Gasteiger partial charge in [0.2, 0.25) is 5.96 Å². The van der Waals surface area contributed by atoms with Gasteiger partial charge in [-0.25, -0.2) is 9.79 Å². The van der Waals surface area contributed by atoms with Gasteiger partial charge in [-0.05, 0) is 39.0 Å². The number of guanidine groups is 1. The van der Waals surface area contributed by atoms with Crippen LogP contribution >= 0.6 is 11.6 Å². The molecule has 0 radical (unpaired) electrons. The van der Waals surface area contributed by atoms with E-state index in [-0.39, 0.29) is 18.5 Å². The summed E-state index contributed by atoms with van der Waals surface area (Å²) < 4.78 is 0. The SMILES string of the molecule is C=C(C)CN1C(=O)C2C(N=C3N(c4cccc(Cl)c4)C(C)=C(C)N32)N(C)C1=O. The van der Waals surface area contributed by atoms with Crippen molar-refractivity contribution in [3.05, 3.63) is 52.8 Å². The molecule has 146 valence electrons. The van der Waals surface area contributed by atoms with Crippen molar-refractivity contribution in [1.82, 2.24) is 14.7 Å². The normalized spacial score (nSPS) is 24.1. The fraction of sp³-hybridized carbons (Fsp3) is 0.350. The number of aliphatic imine (C=N–C) groups is 1. The lowest BCUT2D eigenvalue weighted by molar-refractivity contribution is -0.136. The van der Waals surface area contributed by atoms with Gasteiger partial charge in [-0.1, -0.05) is 29.8 Å². The van der Waals surface area contributed by atoms with Crippen molar-refractivity contribution in [2.24, 2.45) is 4.99 Å². The Morgan fingerprint density at radius 1 is 1.25 bits per heavy atom. The third kappa shape index (κ3) is 2.53. The van der Waals surface area contributed by atoms with E-state index in [9.17, 15) is 9.59 Å². The van der Waals surface area contributed by atoms with Gasteiger partial charge in [0.15, 0.2) is 12.2 Å². The second kappa shape index (κ2) is 6.38. The number of hydrogen-bond acceptors (Lipinski definition) is 5. The van der Waals surface area contributed by atoms with Crippen LogP contribution in [0.15, 0.2) is 52.8 Å². The number of imide groups is 1. The molecule has 0 N–H and O–H groups in total. The number of halogens is 1. The molecule has 0 aromatic heterocycles. The minimum Gasteiger partial charge on any atom is -0.302 e. The number of rotatable bonds is 3. The predicted molar refractivity (Wildman–Crippen MR) is 109 cm³/mol. The van der Waals surface area contributed by atoms with Crippen LogP contribution in [0.3, 0.4) is 0 Å². The van der Waals surface area contributed by atoms with E-state index in [1.807, 2.05) is 47.9 Å². The van der Waals surface area contributed by atoms with Crippen LogP contribution < -0.4 is 4.90 Å². The number of urea groups is 1. The van der Waals surface area contributed by atoms with Crippen LogP contribution in [0.25, 0.3) is 0 Å². The summed E-state index contributed by atoms with van der Waals surface area (Å²) in [6, 6.07) is 6.55. The van der Waals surface area contributed by atoms with Crippen LogP contribution in [0, 0.1) is 0 Å². The van der Waals surface area contributed by atoms with Gasteiger partial charge in [0, 0.05) is 23.5 Å². The first-order valence-corrected chi connectivity index (χ1v) is 9.43. The van der Waals surface area contributed by atoms with E-state index in [1.54, 1.807) is 14.0 Å². The Bertz CT molecular complexity index is 969. The minimum absolute atomic E-state index is 0.203. The van der Waals surface area contributed by atoms with Crippen LogP contribution in [0.5, 0.6) is 0 Å². The van der Waals surface area contributed by atoms with Crippen molar-refractivity contribution in [1.29, 1.82) is 0 Å². The molecule has 0 saturated carbocycles. The number of amides is 3. The number of likely N-dealkylation sites (N-methyl/N-ethyl adjacent to an activating group) is 1. The summed E-state index contributed by atoms with van der Waals surface area (Å²) in [5.41, 5.74) is 3.51. The molecule has 28 heavy (non-hydrogen) atoms. The van der Waals surface area contributed by atoms with Crippen LogP contribution in [0.2, 0.25) is 5.02 Å². The topological polar surface area (TPSA) is 59.5 Å². The zero-order valence-electron chi connectivity index (χ0n) is 16.3. The number of allylic oxidation sites excluding steroid dienone is 2. The molecule has 3 amide bonds. The summed E-state index contributed by atoms with van der Waals surface area (Å²) in [5, 5.41) is 0.619. The molecule has 7 nitrogen and oxygen atoms in total. The van der Waals surface area contributed by atoms with Crippen molar-refractivity contribution in [3.63, 3.8) is 0 Å². The highest BCUT2D eigenvalue weighted by molar-refractivity contribution is 6.31. The molecule has 3 heterocycles. The highest BCUT2D eigenvalue weighted by Gasteiger charge is 2.55. The monoisotopic (exact) mass is 399 g/mol. The Labute approximate surface area is 169 Å². The number of anilines is 1. The van der Waals surface area contributed by atoms with Gasteiger partial charge in [-0.2, -0.15) is 0 Å². The second-order valence-corrected chi connectivity index (χ2v) is 7.86. The molecular formula is C20H22ClN5O2. The van der Waals surface area contributed by atoms with E-state index in [1.165, 1.54) is 9.80 Å². The van der Waals surface area contributed by atoms with Crippen LogP contribution in [-0.2, 0) is 4.79 Å². The highest BCUT2D eigenvalue weighted by Crippen LogP contribution is 2.40. The quantitative estimate of drug-likeness (QED) is 0.732. The van der Waals surface area contributed by atoms with Gasteiger partial charge >= 0.3 is 6.03 Å². The number of hydrogen-bond donors (Lipinski definition) is 0. The van der Waals surface area contributed by atoms with Crippen LogP contribution in [-0.4, -0.2) is 58.4 Å². The summed E-state index contributed by atoms with van der Waals surface area (Å²) in [6.07, 6.45) is -0.568. The van der Waals surface area contributed by atoms with Crippen molar-refractivity contribution >= 4 is 35.2 Å². The lowest BCUT2D eigenvalue weighted by Crippen LogP contribution is -2.64. The number of carbonyl (C=O) groups excluding carboxylic acids is 2. The molecule has 2 atom stereocenters. The Hall–Kier alpha value is -2.80. The Morgan fingerprint density at radius 3 is 2.61 bits per heavy atom. The summed E-state index contributed by atoms with van der Waals surface area (Å²) in [6.45, 7) is 9.80. The molecule has 1 fully saturated rings. The minimum atomic E-state index is -0.587. The van der Waals surface area contributed by atoms with Gasteiger partial charge in [-0.15, -0.1) is 0 Å². The average Bonchev–Trinajstić information content (AvgIpc) is 3.13. The summed E-state index contributed by atoms with van der Waals surface area (Å²) >= 11 is 6.19. The zero-order valence-corrected chi connectivity index (χ0v) is 17.1. The van der Waals surface area contributed by atoms with Gasteiger partial charge in [0.1, 0.15) is 0 Å². The third-order valence-electron chi connectivity index (χ3n) is 5.39. The maximum absolute atomic E-state index is 13.3. The molecule has 3 aliphatic rings. The number of carbonyl (C=O) groups is 2. The molecule has 0 spiro atoms. The summed E-state index contributed by atoms with van der Waals surface area (Å²) in [7, 11) is 1.68. The van der Waals surface area contributed by atoms with Crippen LogP contribution in [0.4, 0.5) is 10.5 Å². The molecule has 0 aliphatic carbocycles. The van der Waals surface area contributed by atoms with Gasteiger partial charge in [0.05, 0.1) is 12.2 Å². The Morgan fingerprint density at radius 2 is 1.96 bits per heavy atom. The Balaban J connectivity index is 1.78. The van der Waals surface area contributed by atoms with Gasteiger partial charge < -0.3 is 4.90 Å². The second-order valence-electron chi connectivity index (χ2n) is 7.42. The van der Waals surface area contributed by atoms with Crippen molar-refractivity contribution in [2.45, 2.75) is 33.0 Å². The van der Waals surface area contributed by atoms with Crippen molar-refractivity contribution in [2.75, 3.05) is 18.5 Å². The maximum atomic E-state index is 13.3. The van der Waals surface area contributed by atoms with Crippen molar-refractivity contribution in [3.8, 4) is 0 Å². The summed E-state index contributed by atoms with van der Waals surface area (Å²) in [5.74, 6) is 0.382. The maximum Gasteiger partial charge on any atom is 0.328 e. The Kier molecular flexibility index (Phi) is 4.23. The molecule has 1 aromatic carbocycles. The molecule has 2 unspecified atom stereocenters. The number of benzene rings is 1. The molecule has 1 aromatic rings. The fourth-order valence-corrected chi connectivity index (χ4v) is 4.14. The molecule has 0 bridgehead atoms. The van der Waals surface area contributed by atoms with E-state index in [0.717, 1.165) is 22.7 Å². The number of fused-ring (bicyclic) bond motifs is 3. The van der Waals surface area contributed by atoms with Gasteiger partial charge in [0.25, 0.3) is 5.91 Å². The van der Waals surface area contributed by atoms with E-state index in [4.69, 9.17) is 16.6 Å². The van der Waals surface area contributed by atoms with Gasteiger partial charge in [-0.3, -0.25) is 19.5 Å². The molecule has 8 heteroatoms. The lowest BCUT2D eigenvalue weighted by Gasteiger charge is -2.40. The molecule has 3 aliphatic heterocycles. The zero-order chi connectivity index (χ0) is 20.3. The molecule has 4 rings (SSSR count). The van der Waals surface area contributed by atoms with Crippen LogP contribution in [0.1, 0.15) is 20.8 Å². The number of nitrogens with zero attached hydrogens (tertiary/aromatic N) is 5. The molecule has 1 saturated heterocycles. The predicted octanol–water partition coefficient (Wildman–Crippen LogP) is 3.25. The average molecular weight is 400 g/mol. The van der Waals surface area contributed by atoms with E-state index < -0.39 is 12.2 Å². The summed E-state index contributed by atoms with van der Waals surface area (Å²) in [4.78, 5) is 37.5. The van der Waals surface area contributed by atoms with Crippen molar-refractivity contribution < 1.29 is 9.59 Å². The first-order chi connectivity index (χ1) is 13.2. The smallest absolute Gasteiger partial charge is 0.302 e. The van der Waals surface area contributed by atoms with E-state index in [0.29, 0.717) is 11.0 Å². The first-order valence-electron chi connectivity index (χ1n) is 9.05. The largest absolute Gasteiger partial charge is 0.328 e. The van der Waals surface area contributed by atoms with E-state index >= 15 is 0 Å². The highest BCUT2D eigenvalue weighted by atomic mass is 35.5.